The minimum Gasteiger partial charge on any atom is -0.307 e. The largest absolute Gasteiger partial charge is 0.307 e. The van der Waals surface area contributed by atoms with Crippen molar-refractivity contribution in [3.05, 3.63) is 65.7 Å². The average molecular weight is 250 g/mol. The lowest BCUT2D eigenvalue weighted by molar-refractivity contribution is 0.106. The van der Waals surface area contributed by atoms with Crippen LogP contribution in [0.15, 0.2) is 59.6 Å². The third-order valence-electron chi connectivity index (χ3n) is 3.13. The maximum Gasteiger partial charge on any atom is 0.210 e. The quantitative estimate of drug-likeness (QED) is 0.906. The topological polar surface area (TPSA) is 41.5 Å². The number of nitrogens with zero attached hydrogens (tertiary/aromatic N) is 1. The zero-order valence-corrected chi connectivity index (χ0v) is 10.5. The van der Waals surface area contributed by atoms with Gasteiger partial charge in [-0.05, 0) is 17.7 Å². The fraction of sp³-hybridized carbons (Fsp3) is 0.125. The standard InChI is InChI=1S/C16H14N2O/c19-16-13-8-4-5-9-14(13)18-15(16)11-17-10-12-6-2-1-3-7-12/h1-9,17H,10-11H2. The molecule has 19 heavy (non-hydrogen) atoms. The van der Waals surface area contributed by atoms with Crippen molar-refractivity contribution >= 4 is 17.2 Å². The number of benzene rings is 2. The second-order valence-electron chi connectivity index (χ2n) is 4.49. The molecule has 0 aromatic heterocycles. The van der Waals surface area contributed by atoms with Crippen molar-refractivity contribution in [1.82, 2.24) is 5.32 Å². The number of carbonyl (C=O) groups is 1. The minimum atomic E-state index is 0.0381. The van der Waals surface area contributed by atoms with E-state index in [-0.39, 0.29) is 5.78 Å². The highest BCUT2D eigenvalue weighted by atomic mass is 16.1. The molecule has 3 heteroatoms. The summed E-state index contributed by atoms with van der Waals surface area (Å²) >= 11 is 0. The summed E-state index contributed by atoms with van der Waals surface area (Å²) in [4.78, 5) is 16.4. The van der Waals surface area contributed by atoms with Crippen LogP contribution in [0.4, 0.5) is 5.69 Å². The molecule has 1 N–H and O–H groups in total. The van der Waals surface area contributed by atoms with E-state index < -0.39 is 0 Å². The molecule has 0 aliphatic carbocycles. The Morgan fingerprint density at radius 1 is 0.895 bits per heavy atom. The maximum atomic E-state index is 12.1. The summed E-state index contributed by atoms with van der Waals surface area (Å²) in [5.74, 6) is 0.0381. The number of para-hydroxylation sites is 1. The Hall–Kier alpha value is -2.26. The number of carbonyl (C=O) groups excluding carboxylic acids is 1. The van der Waals surface area contributed by atoms with Crippen LogP contribution in [0.25, 0.3) is 0 Å². The van der Waals surface area contributed by atoms with Gasteiger partial charge in [-0.1, -0.05) is 42.5 Å². The molecule has 0 amide bonds. The normalized spacial score (nSPS) is 13.3. The van der Waals surface area contributed by atoms with Crippen molar-refractivity contribution < 1.29 is 4.79 Å². The predicted molar refractivity (Wildman–Crippen MR) is 76.0 cm³/mol. The van der Waals surface area contributed by atoms with Gasteiger partial charge in [-0.15, -0.1) is 0 Å². The lowest BCUT2D eigenvalue weighted by Crippen LogP contribution is -2.26. The number of nitrogens with one attached hydrogen (secondary N) is 1. The molecule has 0 atom stereocenters. The predicted octanol–water partition coefficient (Wildman–Crippen LogP) is 2.75. The van der Waals surface area contributed by atoms with E-state index in [0.717, 1.165) is 12.2 Å². The third-order valence-corrected chi connectivity index (χ3v) is 3.13. The molecule has 3 rings (SSSR count). The van der Waals surface area contributed by atoms with Gasteiger partial charge >= 0.3 is 0 Å². The number of ketones is 1. The molecule has 1 aliphatic rings. The minimum absolute atomic E-state index is 0.0381. The number of aliphatic imine (C=N–C) groups is 1. The summed E-state index contributed by atoms with van der Waals surface area (Å²) in [6.07, 6.45) is 0. The number of fused-ring (bicyclic) bond motifs is 1. The van der Waals surface area contributed by atoms with Crippen LogP contribution in [0.5, 0.6) is 0 Å². The molecule has 2 aromatic carbocycles. The van der Waals surface area contributed by atoms with Crippen molar-refractivity contribution in [1.29, 1.82) is 0 Å². The van der Waals surface area contributed by atoms with Gasteiger partial charge in [0.25, 0.3) is 0 Å². The molecule has 0 spiro atoms. The van der Waals surface area contributed by atoms with E-state index in [9.17, 15) is 4.79 Å². The number of rotatable bonds is 4. The molecule has 0 radical (unpaired) electrons. The molecule has 0 saturated carbocycles. The first-order valence-electron chi connectivity index (χ1n) is 6.30. The second kappa shape index (κ2) is 5.16. The Kier molecular flexibility index (Phi) is 3.21. The summed E-state index contributed by atoms with van der Waals surface area (Å²) < 4.78 is 0. The van der Waals surface area contributed by atoms with Crippen LogP contribution < -0.4 is 5.32 Å². The highest BCUT2D eigenvalue weighted by molar-refractivity contribution is 6.50. The van der Waals surface area contributed by atoms with Gasteiger partial charge in [0.15, 0.2) is 0 Å². The summed E-state index contributed by atoms with van der Waals surface area (Å²) in [6.45, 7) is 1.24. The molecule has 0 fully saturated rings. The first-order valence-corrected chi connectivity index (χ1v) is 6.30. The van der Waals surface area contributed by atoms with Crippen LogP contribution in [0.1, 0.15) is 15.9 Å². The molecule has 1 aliphatic heterocycles. The summed E-state index contributed by atoms with van der Waals surface area (Å²) in [5, 5.41) is 3.26. The SMILES string of the molecule is O=C1C(CNCc2ccccc2)=Nc2ccccc21. The van der Waals surface area contributed by atoms with Crippen LogP contribution in [-0.4, -0.2) is 18.0 Å². The zero-order chi connectivity index (χ0) is 13.1. The molecular formula is C16H14N2O. The van der Waals surface area contributed by atoms with E-state index in [1.54, 1.807) is 0 Å². The van der Waals surface area contributed by atoms with Gasteiger partial charge in [-0.25, -0.2) is 4.99 Å². The molecule has 0 bridgehead atoms. The van der Waals surface area contributed by atoms with E-state index in [1.165, 1.54) is 5.56 Å². The number of hydrogen-bond donors (Lipinski definition) is 1. The van der Waals surface area contributed by atoms with E-state index in [0.29, 0.717) is 17.8 Å². The Bertz CT molecular complexity index is 632. The van der Waals surface area contributed by atoms with E-state index in [2.05, 4.69) is 22.4 Å². The fourth-order valence-electron chi connectivity index (χ4n) is 2.16. The third kappa shape index (κ3) is 2.46. The van der Waals surface area contributed by atoms with Crippen molar-refractivity contribution in [3.63, 3.8) is 0 Å². The highest BCUT2D eigenvalue weighted by Gasteiger charge is 2.23. The van der Waals surface area contributed by atoms with Crippen LogP contribution >= 0.6 is 0 Å². The average Bonchev–Trinajstić information content (AvgIpc) is 2.78. The van der Waals surface area contributed by atoms with E-state index in [1.807, 2.05) is 42.5 Å². The summed E-state index contributed by atoms with van der Waals surface area (Å²) in [5.41, 5.74) is 3.28. The van der Waals surface area contributed by atoms with Crippen molar-refractivity contribution in [2.75, 3.05) is 6.54 Å². The highest BCUT2D eigenvalue weighted by Crippen LogP contribution is 2.25. The first kappa shape index (κ1) is 11.8. The smallest absolute Gasteiger partial charge is 0.210 e. The molecule has 2 aromatic rings. The molecule has 1 heterocycles. The van der Waals surface area contributed by atoms with Gasteiger partial charge in [0.05, 0.1) is 5.69 Å². The maximum absolute atomic E-state index is 12.1. The second-order valence-corrected chi connectivity index (χ2v) is 4.49. The monoisotopic (exact) mass is 250 g/mol. The summed E-state index contributed by atoms with van der Waals surface area (Å²) in [6, 6.07) is 17.6. The van der Waals surface area contributed by atoms with Gasteiger partial charge in [0.2, 0.25) is 5.78 Å². The van der Waals surface area contributed by atoms with Gasteiger partial charge in [-0.3, -0.25) is 4.79 Å². The fourth-order valence-corrected chi connectivity index (χ4v) is 2.16. The summed E-state index contributed by atoms with van der Waals surface area (Å²) in [7, 11) is 0. The Morgan fingerprint density at radius 3 is 2.42 bits per heavy atom. The molecule has 0 unspecified atom stereocenters. The van der Waals surface area contributed by atoms with Crippen LogP contribution in [0.2, 0.25) is 0 Å². The first-order chi connectivity index (χ1) is 9.34. The van der Waals surface area contributed by atoms with E-state index in [4.69, 9.17) is 0 Å². The van der Waals surface area contributed by atoms with Gasteiger partial charge in [-0.2, -0.15) is 0 Å². The lowest BCUT2D eigenvalue weighted by atomic mass is 10.1. The molecule has 0 saturated heterocycles. The van der Waals surface area contributed by atoms with Crippen LogP contribution in [0, 0.1) is 0 Å². The van der Waals surface area contributed by atoms with Crippen LogP contribution in [-0.2, 0) is 6.54 Å². The molecule has 3 nitrogen and oxygen atoms in total. The van der Waals surface area contributed by atoms with Crippen molar-refractivity contribution in [2.45, 2.75) is 6.54 Å². The zero-order valence-electron chi connectivity index (χ0n) is 10.5. The van der Waals surface area contributed by atoms with Crippen molar-refractivity contribution in [2.24, 2.45) is 4.99 Å². The van der Waals surface area contributed by atoms with Crippen molar-refractivity contribution in [3.8, 4) is 0 Å². The number of hydrogen-bond acceptors (Lipinski definition) is 3. The van der Waals surface area contributed by atoms with E-state index >= 15 is 0 Å². The molecule has 94 valence electrons. The Morgan fingerprint density at radius 2 is 1.63 bits per heavy atom. The molecular weight excluding hydrogens is 236 g/mol. The van der Waals surface area contributed by atoms with Gasteiger partial charge in [0, 0.05) is 18.7 Å². The van der Waals surface area contributed by atoms with Gasteiger partial charge < -0.3 is 5.32 Å². The van der Waals surface area contributed by atoms with Crippen LogP contribution in [0.3, 0.4) is 0 Å². The Balaban J connectivity index is 1.62. The number of Topliss-reactive ketones (excluding diaryl/α,β-unsaturated/α-hetero) is 1. The Labute approximate surface area is 112 Å². The van der Waals surface area contributed by atoms with Gasteiger partial charge in [0.1, 0.15) is 5.71 Å². The lowest BCUT2D eigenvalue weighted by Gasteiger charge is -2.03.